The second-order valence-corrected chi connectivity index (χ2v) is 3.93. The number of ether oxygens (including phenoxy) is 1. The van der Waals surface area contributed by atoms with Crippen molar-refractivity contribution < 1.29 is 13.5 Å². The fourth-order valence-corrected chi connectivity index (χ4v) is 1.61. The third-order valence-corrected chi connectivity index (χ3v) is 2.64. The fraction of sp³-hybridized carbons (Fsp3) is 0.231. The highest BCUT2D eigenvalue weighted by atomic mass is 19.3. The maximum absolute atomic E-state index is 12.4. The lowest BCUT2D eigenvalue weighted by atomic mass is 10.2. The smallest absolute Gasteiger partial charge is 0.280 e. The van der Waals surface area contributed by atoms with Crippen LogP contribution in [0.5, 0.6) is 5.75 Å². The zero-order valence-electron chi connectivity index (χ0n) is 10.2. The zero-order valence-corrected chi connectivity index (χ0v) is 10.2. The monoisotopic (exact) mass is 266 g/mol. The Kier molecular flexibility index (Phi) is 3.89. The molecule has 0 saturated heterocycles. The Balaban J connectivity index is 2.21. The minimum absolute atomic E-state index is 0.277. The predicted molar refractivity (Wildman–Crippen MR) is 65.6 cm³/mol. The lowest BCUT2D eigenvalue weighted by Gasteiger charge is -2.07. The van der Waals surface area contributed by atoms with E-state index in [0.717, 1.165) is 18.0 Å². The largest absolute Gasteiger partial charge is 0.497 e. The van der Waals surface area contributed by atoms with E-state index in [9.17, 15) is 13.6 Å². The van der Waals surface area contributed by atoms with Crippen molar-refractivity contribution in [2.75, 3.05) is 7.11 Å². The van der Waals surface area contributed by atoms with E-state index >= 15 is 0 Å². The van der Waals surface area contributed by atoms with Gasteiger partial charge in [-0.1, -0.05) is 12.1 Å². The molecule has 2 aromatic rings. The van der Waals surface area contributed by atoms with Gasteiger partial charge in [-0.05, 0) is 17.7 Å². The highest BCUT2D eigenvalue weighted by Gasteiger charge is 2.10. The van der Waals surface area contributed by atoms with Crippen LogP contribution < -0.4 is 10.3 Å². The molecule has 0 aliphatic rings. The van der Waals surface area contributed by atoms with Crippen molar-refractivity contribution in [2.45, 2.75) is 13.0 Å². The molecular weight excluding hydrogens is 254 g/mol. The lowest BCUT2D eigenvalue weighted by Crippen LogP contribution is -2.21. The summed E-state index contributed by atoms with van der Waals surface area (Å²) < 4.78 is 31.0. The summed E-state index contributed by atoms with van der Waals surface area (Å²) in [6.45, 7) is 0.277. The van der Waals surface area contributed by atoms with Gasteiger partial charge in [0.15, 0.2) is 0 Å². The van der Waals surface area contributed by atoms with Crippen LogP contribution in [0.1, 0.15) is 17.7 Å². The molecule has 0 aliphatic heterocycles. The predicted octanol–water partition coefficient (Wildman–Crippen LogP) is 2.24. The molecule has 4 nitrogen and oxygen atoms in total. The van der Waals surface area contributed by atoms with Crippen LogP contribution in [0.4, 0.5) is 8.78 Å². The SMILES string of the molecule is COc1ccc(Cn2cnc(C(F)F)cc2=O)cc1. The number of halogens is 2. The molecule has 0 bridgehead atoms. The van der Waals surface area contributed by atoms with Gasteiger partial charge in [-0.25, -0.2) is 13.8 Å². The van der Waals surface area contributed by atoms with E-state index in [2.05, 4.69) is 4.98 Å². The van der Waals surface area contributed by atoms with Crippen LogP contribution in [0.3, 0.4) is 0 Å². The van der Waals surface area contributed by atoms with Gasteiger partial charge in [-0.3, -0.25) is 9.36 Å². The maximum Gasteiger partial charge on any atom is 0.280 e. The molecule has 0 atom stereocenters. The van der Waals surface area contributed by atoms with Crippen LogP contribution in [0, 0.1) is 0 Å². The van der Waals surface area contributed by atoms with Gasteiger partial charge in [0.1, 0.15) is 11.4 Å². The maximum atomic E-state index is 12.4. The molecule has 0 radical (unpaired) electrons. The normalized spacial score (nSPS) is 10.7. The van der Waals surface area contributed by atoms with Gasteiger partial charge >= 0.3 is 0 Å². The molecule has 0 unspecified atom stereocenters. The molecule has 1 aromatic carbocycles. The number of rotatable bonds is 4. The van der Waals surface area contributed by atoms with Crippen LogP contribution in [0.25, 0.3) is 0 Å². The first-order valence-corrected chi connectivity index (χ1v) is 5.57. The molecule has 0 N–H and O–H groups in total. The Hall–Kier alpha value is -2.24. The van der Waals surface area contributed by atoms with Crippen molar-refractivity contribution in [1.82, 2.24) is 9.55 Å². The molecule has 0 aliphatic carbocycles. The number of benzene rings is 1. The molecule has 2 rings (SSSR count). The molecule has 100 valence electrons. The van der Waals surface area contributed by atoms with Gasteiger partial charge in [-0.2, -0.15) is 0 Å². The van der Waals surface area contributed by atoms with Gasteiger partial charge < -0.3 is 4.74 Å². The minimum Gasteiger partial charge on any atom is -0.497 e. The first-order valence-electron chi connectivity index (χ1n) is 5.57. The van der Waals surface area contributed by atoms with Gasteiger partial charge in [-0.15, -0.1) is 0 Å². The second-order valence-electron chi connectivity index (χ2n) is 3.93. The molecule has 0 saturated carbocycles. The summed E-state index contributed by atoms with van der Waals surface area (Å²) >= 11 is 0. The second kappa shape index (κ2) is 5.60. The van der Waals surface area contributed by atoms with Crippen molar-refractivity contribution in [1.29, 1.82) is 0 Å². The topological polar surface area (TPSA) is 44.1 Å². The van der Waals surface area contributed by atoms with Crippen LogP contribution in [0.2, 0.25) is 0 Å². The van der Waals surface area contributed by atoms with Crippen molar-refractivity contribution in [3.8, 4) is 5.75 Å². The third-order valence-electron chi connectivity index (χ3n) is 2.64. The number of hydrogen-bond acceptors (Lipinski definition) is 3. The van der Waals surface area contributed by atoms with Gasteiger partial charge in [0, 0.05) is 6.07 Å². The van der Waals surface area contributed by atoms with Gasteiger partial charge in [0.25, 0.3) is 12.0 Å². The molecule has 1 heterocycles. The molecule has 0 spiro atoms. The molecule has 1 aromatic heterocycles. The van der Waals surface area contributed by atoms with E-state index in [-0.39, 0.29) is 6.54 Å². The summed E-state index contributed by atoms with van der Waals surface area (Å²) in [6, 6.07) is 7.98. The summed E-state index contributed by atoms with van der Waals surface area (Å²) in [7, 11) is 1.56. The fourth-order valence-electron chi connectivity index (χ4n) is 1.61. The highest BCUT2D eigenvalue weighted by molar-refractivity contribution is 5.27. The Morgan fingerprint density at radius 2 is 2.00 bits per heavy atom. The molecule has 0 amide bonds. The summed E-state index contributed by atoms with van der Waals surface area (Å²) in [5.74, 6) is 0.710. The van der Waals surface area contributed by atoms with E-state index in [4.69, 9.17) is 4.74 Å². The van der Waals surface area contributed by atoms with Gasteiger partial charge in [0.2, 0.25) is 0 Å². The molecule has 6 heteroatoms. The average molecular weight is 266 g/mol. The number of methoxy groups -OCH3 is 1. The van der Waals surface area contributed by atoms with E-state index < -0.39 is 17.7 Å². The number of nitrogens with zero attached hydrogens (tertiary/aromatic N) is 2. The van der Waals surface area contributed by atoms with E-state index in [1.807, 2.05) is 0 Å². The average Bonchev–Trinajstić information content (AvgIpc) is 2.41. The van der Waals surface area contributed by atoms with Crippen LogP contribution >= 0.6 is 0 Å². The Bertz CT molecular complexity index is 609. The lowest BCUT2D eigenvalue weighted by molar-refractivity contribution is 0.145. The van der Waals surface area contributed by atoms with Crippen molar-refractivity contribution in [3.05, 3.63) is 58.3 Å². The Morgan fingerprint density at radius 1 is 1.32 bits per heavy atom. The number of alkyl halides is 2. The summed E-state index contributed by atoms with van der Waals surface area (Å²) in [6.07, 6.45) is -1.60. The Labute approximate surface area is 108 Å². The zero-order chi connectivity index (χ0) is 13.8. The quantitative estimate of drug-likeness (QED) is 0.852. The summed E-state index contributed by atoms with van der Waals surface area (Å²) in [4.78, 5) is 15.2. The third kappa shape index (κ3) is 3.15. The summed E-state index contributed by atoms with van der Waals surface area (Å²) in [5, 5.41) is 0. The Morgan fingerprint density at radius 3 is 2.53 bits per heavy atom. The minimum atomic E-state index is -2.73. The molecule has 0 fully saturated rings. The molecular formula is C13H12F2N2O2. The van der Waals surface area contributed by atoms with Crippen molar-refractivity contribution in [2.24, 2.45) is 0 Å². The number of aromatic nitrogens is 2. The van der Waals surface area contributed by atoms with Crippen molar-refractivity contribution >= 4 is 0 Å². The van der Waals surface area contributed by atoms with Crippen LogP contribution in [-0.2, 0) is 6.54 Å². The molecule has 19 heavy (non-hydrogen) atoms. The summed E-state index contributed by atoms with van der Waals surface area (Å²) in [5.41, 5.74) is -0.147. The van der Waals surface area contributed by atoms with E-state index in [0.29, 0.717) is 5.75 Å². The van der Waals surface area contributed by atoms with Crippen LogP contribution in [0.15, 0.2) is 41.5 Å². The van der Waals surface area contributed by atoms with Crippen LogP contribution in [-0.4, -0.2) is 16.7 Å². The first kappa shape index (κ1) is 13.2. The highest BCUT2D eigenvalue weighted by Crippen LogP contribution is 2.14. The van der Waals surface area contributed by atoms with E-state index in [1.165, 1.54) is 4.57 Å². The number of hydrogen-bond donors (Lipinski definition) is 0. The first-order chi connectivity index (χ1) is 9.10. The van der Waals surface area contributed by atoms with Gasteiger partial charge in [0.05, 0.1) is 20.0 Å². The van der Waals surface area contributed by atoms with E-state index in [1.54, 1.807) is 31.4 Å². The van der Waals surface area contributed by atoms with Crippen molar-refractivity contribution in [3.63, 3.8) is 0 Å². The standard InChI is InChI=1S/C13H12F2N2O2/c1-19-10-4-2-9(3-5-10)7-17-8-16-11(13(14)15)6-12(17)18/h2-6,8,13H,7H2,1H3.